The van der Waals surface area contributed by atoms with Crippen LogP contribution in [0.15, 0.2) is 18.7 Å². The summed E-state index contributed by atoms with van der Waals surface area (Å²) in [5.74, 6) is 0. The number of rotatable bonds is 0. The third-order valence-electron chi connectivity index (χ3n) is 0.631. The molecule has 41 valence electrons. The van der Waals surface area contributed by atoms with Gasteiger partial charge in [0, 0.05) is 0 Å². The van der Waals surface area contributed by atoms with Gasteiger partial charge in [0.2, 0.25) is 12.4 Å². The smallest absolute Gasteiger partial charge is 0.429 e. The zero-order valence-electron chi connectivity index (χ0n) is 3.94. The van der Waals surface area contributed by atoms with Gasteiger partial charge in [-0.2, -0.15) is 0 Å². The Morgan fingerprint density at radius 2 is 1.62 bits per heavy atom. The summed E-state index contributed by atoms with van der Waals surface area (Å²) in [7, 11) is 0. The molecule has 0 atom stereocenters. The maximum atomic E-state index is 10.2. The van der Waals surface area contributed by atoms with Crippen LogP contribution in [0.1, 0.15) is 0 Å². The van der Waals surface area contributed by atoms with E-state index in [0.29, 0.717) is 9.46 Å². The van der Waals surface area contributed by atoms with Crippen molar-refractivity contribution < 1.29 is 9.46 Å². The second-order valence-corrected chi connectivity index (χ2v) is 1.26. The van der Waals surface area contributed by atoms with Gasteiger partial charge in [0.15, 0.2) is 0 Å². The molecule has 0 saturated carbocycles. The molecule has 1 heterocycles. The third kappa shape index (κ3) is 0.841. The Hall–Kier alpha value is -1.32. The third-order valence-corrected chi connectivity index (χ3v) is 0.631. The lowest BCUT2D eigenvalue weighted by molar-refractivity contribution is -0.745. The van der Waals surface area contributed by atoms with Gasteiger partial charge in [0.05, 0.1) is 0 Å². The fourth-order valence-electron chi connectivity index (χ4n) is 0.359. The molecule has 4 heteroatoms. The highest BCUT2D eigenvalue weighted by Crippen LogP contribution is 1.61. The molecular formula is C4H3N2O2. The van der Waals surface area contributed by atoms with Gasteiger partial charge in [0.1, 0.15) is 6.07 Å². The topological polar surface area (TPSA) is 53.9 Å². The Morgan fingerprint density at radius 1 is 1.12 bits per heavy atom. The molecular weight excluding hydrogens is 108 g/mol. The quantitative estimate of drug-likeness (QED) is 0.310. The van der Waals surface area contributed by atoms with Crippen LogP contribution in [0.2, 0.25) is 0 Å². The van der Waals surface area contributed by atoms with Crippen LogP contribution in [0.25, 0.3) is 0 Å². The van der Waals surface area contributed by atoms with E-state index >= 15 is 0 Å². The van der Waals surface area contributed by atoms with E-state index in [1.54, 1.807) is 0 Å². The first-order valence-electron chi connectivity index (χ1n) is 1.98. The second kappa shape index (κ2) is 1.65. The normalized spacial score (nSPS) is 9.00. The summed E-state index contributed by atoms with van der Waals surface area (Å²) in [5, 5.41) is 20.3. The highest BCUT2D eigenvalue weighted by Gasteiger charge is 1.90. The molecule has 1 aromatic rings. The van der Waals surface area contributed by atoms with Crippen LogP contribution < -0.4 is 9.46 Å². The molecule has 0 bridgehead atoms. The first kappa shape index (κ1) is 4.83. The Kier molecular flexibility index (Phi) is 0.997. The van der Waals surface area contributed by atoms with Crippen LogP contribution in [0, 0.1) is 16.5 Å². The lowest BCUT2D eigenvalue weighted by atomic mass is 10.7. The molecule has 0 aliphatic rings. The standard InChI is InChI=1S/C4H3N2O2/c7-5-2-1-3-6(8)4-5/h2-4H. The zero-order valence-corrected chi connectivity index (χ0v) is 3.94. The Bertz CT molecular complexity index is 172. The highest BCUT2D eigenvalue weighted by atomic mass is 16.5. The van der Waals surface area contributed by atoms with E-state index in [-0.39, 0.29) is 0 Å². The minimum absolute atomic E-state index is 0.382. The predicted octanol–water partition coefficient (Wildman–Crippen LogP) is -1.25. The van der Waals surface area contributed by atoms with Crippen molar-refractivity contribution in [2.75, 3.05) is 0 Å². The van der Waals surface area contributed by atoms with Gasteiger partial charge in [-0.1, -0.05) is 0 Å². The lowest BCUT2D eigenvalue weighted by Gasteiger charge is -1.91. The molecule has 0 spiro atoms. The van der Waals surface area contributed by atoms with Gasteiger partial charge >= 0.3 is 6.33 Å². The van der Waals surface area contributed by atoms with Crippen molar-refractivity contribution in [1.29, 1.82) is 0 Å². The minimum Gasteiger partial charge on any atom is -0.614 e. The largest absolute Gasteiger partial charge is 0.614 e. The van der Waals surface area contributed by atoms with Crippen LogP contribution in [0.3, 0.4) is 0 Å². The van der Waals surface area contributed by atoms with E-state index in [0.717, 1.165) is 18.7 Å². The van der Waals surface area contributed by atoms with Gasteiger partial charge in [-0.15, -0.1) is 9.46 Å². The average molecular weight is 111 g/mol. The molecule has 0 aliphatic carbocycles. The van der Waals surface area contributed by atoms with Crippen molar-refractivity contribution in [3.63, 3.8) is 0 Å². The molecule has 0 fully saturated rings. The Morgan fingerprint density at radius 3 is 1.88 bits per heavy atom. The SMILES string of the molecule is [O-][n+]1c[c]c[n+]([O-])c1. The van der Waals surface area contributed by atoms with Gasteiger partial charge in [-0.05, 0) is 0 Å². The maximum absolute atomic E-state index is 10.2. The van der Waals surface area contributed by atoms with E-state index in [4.69, 9.17) is 0 Å². The summed E-state index contributed by atoms with van der Waals surface area (Å²) in [6.07, 6.45) is 3.10. The molecule has 0 unspecified atom stereocenters. The van der Waals surface area contributed by atoms with E-state index in [2.05, 4.69) is 6.07 Å². The fraction of sp³-hybridized carbons (Fsp3) is 0. The van der Waals surface area contributed by atoms with Crippen molar-refractivity contribution >= 4 is 0 Å². The molecule has 1 radical (unpaired) electrons. The van der Waals surface area contributed by atoms with Crippen molar-refractivity contribution in [1.82, 2.24) is 0 Å². The van der Waals surface area contributed by atoms with E-state index in [1.807, 2.05) is 0 Å². The monoisotopic (exact) mass is 111 g/mol. The summed E-state index contributed by atoms with van der Waals surface area (Å²) < 4.78 is 0.764. The fourth-order valence-corrected chi connectivity index (χ4v) is 0.359. The van der Waals surface area contributed by atoms with E-state index < -0.39 is 0 Å². The van der Waals surface area contributed by atoms with Crippen LogP contribution in [-0.4, -0.2) is 0 Å². The molecule has 0 amide bonds. The summed E-state index contributed by atoms with van der Waals surface area (Å²) >= 11 is 0. The molecule has 4 nitrogen and oxygen atoms in total. The maximum Gasteiger partial charge on any atom is 0.429 e. The summed E-state index contributed by atoms with van der Waals surface area (Å²) in [6.45, 7) is 0. The minimum atomic E-state index is 0.382. The highest BCUT2D eigenvalue weighted by molar-refractivity contribution is 4.59. The van der Waals surface area contributed by atoms with Gasteiger partial charge in [-0.3, -0.25) is 0 Å². The molecule has 1 aromatic heterocycles. The lowest BCUT2D eigenvalue weighted by Crippen LogP contribution is -2.39. The summed E-state index contributed by atoms with van der Waals surface area (Å²) in [5.41, 5.74) is 0. The Labute approximate surface area is 45.8 Å². The van der Waals surface area contributed by atoms with Crippen molar-refractivity contribution in [2.45, 2.75) is 0 Å². The van der Waals surface area contributed by atoms with Crippen molar-refractivity contribution in [3.8, 4) is 0 Å². The molecule has 0 saturated heterocycles. The molecule has 0 aliphatic heterocycles. The summed E-state index contributed by atoms with van der Waals surface area (Å²) in [6, 6.07) is 2.33. The first-order valence-corrected chi connectivity index (χ1v) is 1.98. The first-order chi connectivity index (χ1) is 3.79. The molecule has 1 rings (SSSR count). The molecule has 0 N–H and O–H groups in total. The predicted molar refractivity (Wildman–Crippen MR) is 23.2 cm³/mol. The number of aromatic nitrogens is 2. The van der Waals surface area contributed by atoms with Gasteiger partial charge < -0.3 is 10.4 Å². The average Bonchev–Trinajstić information content (AvgIpc) is 1.64. The summed E-state index contributed by atoms with van der Waals surface area (Å²) in [4.78, 5) is 0. The molecule has 8 heavy (non-hydrogen) atoms. The zero-order chi connectivity index (χ0) is 5.98. The van der Waals surface area contributed by atoms with Gasteiger partial charge in [0.25, 0.3) is 0 Å². The van der Waals surface area contributed by atoms with Crippen molar-refractivity contribution in [2.24, 2.45) is 0 Å². The Balaban J connectivity index is 3.08. The van der Waals surface area contributed by atoms with Crippen molar-refractivity contribution in [3.05, 3.63) is 35.2 Å². The molecule has 0 aromatic carbocycles. The second-order valence-electron chi connectivity index (χ2n) is 1.26. The van der Waals surface area contributed by atoms with Gasteiger partial charge in [-0.25, -0.2) is 0 Å². The van der Waals surface area contributed by atoms with Crippen LogP contribution in [0.4, 0.5) is 0 Å². The van der Waals surface area contributed by atoms with E-state index in [9.17, 15) is 10.4 Å². The number of hydrogen-bond donors (Lipinski definition) is 0. The number of hydrogen-bond acceptors (Lipinski definition) is 2. The van der Waals surface area contributed by atoms with Crippen LogP contribution >= 0.6 is 0 Å². The van der Waals surface area contributed by atoms with Crippen LogP contribution in [0.5, 0.6) is 0 Å². The van der Waals surface area contributed by atoms with E-state index in [1.165, 1.54) is 0 Å². The number of nitrogens with zero attached hydrogens (tertiary/aromatic N) is 2. The van der Waals surface area contributed by atoms with Crippen LogP contribution in [-0.2, 0) is 0 Å².